The molecule has 1 amide bonds. The van der Waals surface area contributed by atoms with Gasteiger partial charge in [-0.2, -0.15) is 42.2 Å². The van der Waals surface area contributed by atoms with E-state index in [-0.39, 0.29) is 69.3 Å². The maximum absolute atomic E-state index is 14.3. The van der Waals surface area contributed by atoms with Crippen LogP contribution in [0.4, 0.5) is 32.2 Å². The van der Waals surface area contributed by atoms with Gasteiger partial charge in [0.05, 0.1) is 23.7 Å². The Balaban J connectivity index is 1.77. The fraction of sp³-hybridized carbons (Fsp3) is 0.462. The summed E-state index contributed by atoms with van der Waals surface area (Å²) in [5.74, 6) is -0.225. The zero-order valence-corrected chi connectivity index (χ0v) is 24.4. The van der Waals surface area contributed by atoms with Crippen molar-refractivity contribution >= 4 is 44.9 Å². The molecule has 2 aromatic heterocycles. The topological polar surface area (TPSA) is 80.6 Å². The van der Waals surface area contributed by atoms with E-state index in [0.29, 0.717) is 0 Å². The van der Waals surface area contributed by atoms with Crippen LogP contribution >= 0.6 is 22.2 Å². The van der Waals surface area contributed by atoms with Crippen molar-refractivity contribution in [1.29, 1.82) is 0 Å². The first-order valence-corrected chi connectivity index (χ1v) is 15.2. The molecule has 1 saturated heterocycles. The molecule has 42 heavy (non-hydrogen) atoms. The molecule has 8 nitrogen and oxygen atoms in total. The molecule has 4 atom stereocenters. The summed E-state index contributed by atoms with van der Waals surface area (Å²) in [5.41, 5.74) is -2.71. The zero-order chi connectivity index (χ0) is 30.7. The lowest BCUT2D eigenvalue weighted by atomic mass is 10.1. The van der Waals surface area contributed by atoms with Gasteiger partial charge in [-0.05, 0) is 32.1 Å². The number of aromatic nitrogens is 3. The van der Waals surface area contributed by atoms with Crippen molar-refractivity contribution in [2.24, 2.45) is 0 Å². The van der Waals surface area contributed by atoms with Crippen LogP contribution in [0, 0.1) is 0 Å². The molecule has 0 saturated carbocycles. The number of hydrogen-bond acceptors (Lipinski definition) is 7. The highest BCUT2D eigenvalue weighted by Gasteiger charge is 2.39. The highest BCUT2D eigenvalue weighted by atomic mass is 32.2. The van der Waals surface area contributed by atoms with Gasteiger partial charge in [0.25, 0.3) is 0 Å². The first kappa shape index (κ1) is 30.4. The molecule has 3 aromatic rings. The number of carbonyl (C=O) groups is 1. The van der Waals surface area contributed by atoms with E-state index in [9.17, 15) is 35.9 Å². The maximum Gasteiger partial charge on any atom is 0.434 e. The second kappa shape index (κ2) is 10.9. The molecule has 0 N–H and O–H groups in total. The fourth-order valence-corrected chi connectivity index (χ4v) is 9.60. The third-order valence-electron chi connectivity index (χ3n) is 7.42. The molecule has 228 valence electrons. The SMILES string of the molecule is C=CC(=O)N1[C@H](C)CN(c2nc(=O)n3c4c(cc(C(F)(F)F)cc24)[SH](c2nc(C(F)(F)F)cs2)C[C@@H](OC)C3)C[C@@H]1C. The van der Waals surface area contributed by atoms with Crippen LogP contribution in [-0.4, -0.2) is 69.5 Å². The minimum Gasteiger partial charge on any atom is -0.379 e. The number of thiol groups is 1. The number of anilines is 1. The molecule has 5 rings (SSSR count). The Morgan fingerprint density at radius 1 is 1.10 bits per heavy atom. The Kier molecular flexibility index (Phi) is 7.85. The zero-order valence-electron chi connectivity index (χ0n) is 22.7. The lowest BCUT2D eigenvalue weighted by molar-refractivity contribution is -0.141. The quantitative estimate of drug-likeness (QED) is 0.249. The van der Waals surface area contributed by atoms with Crippen molar-refractivity contribution in [2.75, 3.05) is 30.9 Å². The van der Waals surface area contributed by atoms with E-state index in [0.717, 1.165) is 28.8 Å². The Morgan fingerprint density at radius 3 is 2.31 bits per heavy atom. The van der Waals surface area contributed by atoms with Crippen molar-refractivity contribution in [3.63, 3.8) is 0 Å². The van der Waals surface area contributed by atoms with Crippen LogP contribution in [0.5, 0.6) is 0 Å². The number of carbonyl (C=O) groups excluding carboxylic acids is 1. The highest BCUT2D eigenvalue weighted by molar-refractivity contribution is 8.18. The fourth-order valence-electron chi connectivity index (χ4n) is 5.61. The first-order valence-electron chi connectivity index (χ1n) is 12.8. The monoisotopic (exact) mass is 635 g/mol. The minimum absolute atomic E-state index is 0.0175. The van der Waals surface area contributed by atoms with Crippen LogP contribution in [0.2, 0.25) is 0 Å². The van der Waals surface area contributed by atoms with Crippen LogP contribution in [-0.2, 0) is 28.4 Å². The average Bonchev–Trinajstić information content (AvgIpc) is 3.34. The van der Waals surface area contributed by atoms with Crippen LogP contribution < -0.4 is 10.6 Å². The smallest absolute Gasteiger partial charge is 0.379 e. The van der Waals surface area contributed by atoms with Gasteiger partial charge in [-0.25, -0.2) is 9.78 Å². The maximum atomic E-state index is 14.3. The number of alkyl halides is 6. The molecule has 4 heterocycles. The van der Waals surface area contributed by atoms with Gasteiger partial charge >= 0.3 is 18.0 Å². The van der Waals surface area contributed by atoms with Gasteiger partial charge < -0.3 is 14.5 Å². The van der Waals surface area contributed by atoms with Gasteiger partial charge in [0.15, 0.2) is 5.69 Å². The van der Waals surface area contributed by atoms with Gasteiger partial charge in [0.1, 0.15) is 10.2 Å². The van der Waals surface area contributed by atoms with E-state index in [1.807, 2.05) is 0 Å². The van der Waals surface area contributed by atoms with Gasteiger partial charge in [0, 0.05) is 53.7 Å². The van der Waals surface area contributed by atoms with Crippen molar-refractivity contribution in [3.8, 4) is 0 Å². The number of nitrogens with zero attached hydrogens (tertiary/aromatic N) is 5. The number of thiazole rings is 1. The predicted octanol–water partition coefficient (Wildman–Crippen LogP) is 4.95. The van der Waals surface area contributed by atoms with Crippen LogP contribution in [0.3, 0.4) is 0 Å². The number of ether oxygens (including phenoxy) is 1. The molecule has 0 radical (unpaired) electrons. The van der Waals surface area contributed by atoms with Gasteiger partial charge in [0.2, 0.25) is 5.91 Å². The van der Waals surface area contributed by atoms with Crippen molar-refractivity contribution in [3.05, 3.63) is 51.9 Å². The Morgan fingerprint density at radius 2 is 1.76 bits per heavy atom. The largest absolute Gasteiger partial charge is 0.434 e. The summed E-state index contributed by atoms with van der Waals surface area (Å²) in [4.78, 5) is 37.3. The predicted molar refractivity (Wildman–Crippen MR) is 147 cm³/mol. The summed E-state index contributed by atoms with van der Waals surface area (Å²) in [6, 6.07) is 1.07. The number of halogens is 6. The molecule has 0 bridgehead atoms. The number of rotatable bonds is 4. The molecule has 1 aromatic carbocycles. The normalized spacial score (nSPS) is 24.1. The molecule has 0 aliphatic carbocycles. The summed E-state index contributed by atoms with van der Waals surface area (Å²) in [5, 5.41) is 0.881. The Bertz CT molecular complexity index is 1590. The standard InChI is InChI=1S/C26H27F6N5O3S2/c1-5-20(38)37-13(2)8-35(9-14(37)3)22-17-6-15(25(27,28)29)7-18-21(17)36(23(39)34-22)10-16(40-4)12-42(18)24-33-19(11-41-24)26(30,31)32/h5-7,11,13-14,16,42H,1,8-10,12H2,2-4H3/t13-,14+,16-/m0/s1. The molecule has 2 aliphatic rings. The van der Waals surface area contributed by atoms with Gasteiger partial charge in [-0.3, -0.25) is 9.36 Å². The second-order valence-electron chi connectivity index (χ2n) is 10.3. The molecular formula is C26H27F6N5O3S2. The van der Waals surface area contributed by atoms with Crippen LogP contribution in [0.15, 0.2) is 44.2 Å². The van der Waals surface area contributed by atoms with E-state index >= 15 is 0 Å². The summed E-state index contributed by atoms with van der Waals surface area (Å²) >= 11 is 0.721. The third kappa shape index (κ3) is 5.39. The average molecular weight is 636 g/mol. The van der Waals surface area contributed by atoms with E-state index in [1.54, 1.807) is 23.6 Å². The Hall–Kier alpha value is -3.11. The van der Waals surface area contributed by atoms with Gasteiger partial charge in [-0.1, -0.05) is 6.58 Å². The second-order valence-corrected chi connectivity index (χ2v) is 13.5. The Labute approximate surface area is 242 Å². The summed E-state index contributed by atoms with van der Waals surface area (Å²) in [7, 11) is -0.529. The number of amides is 1. The third-order valence-corrected chi connectivity index (χ3v) is 11.3. The molecule has 1 unspecified atom stereocenters. The van der Waals surface area contributed by atoms with Crippen molar-refractivity contribution in [2.45, 2.75) is 60.2 Å². The molecule has 2 aliphatic heterocycles. The molecule has 16 heteroatoms. The summed E-state index contributed by atoms with van der Waals surface area (Å²) < 4.78 is 90.1. The molecule has 1 fully saturated rings. The highest BCUT2D eigenvalue weighted by Crippen LogP contribution is 2.53. The van der Waals surface area contributed by atoms with Crippen LogP contribution in [0.25, 0.3) is 10.9 Å². The van der Waals surface area contributed by atoms with E-state index in [1.165, 1.54) is 17.8 Å². The number of hydrogen-bond donors (Lipinski definition) is 1. The molecule has 0 spiro atoms. The summed E-state index contributed by atoms with van der Waals surface area (Å²) in [6.07, 6.45) is -9.04. The lowest BCUT2D eigenvalue weighted by Crippen LogP contribution is -2.58. The van der Waals surface area contributed by atoms with E-state index < -0.39 is 46.3 Å². The summed E-state index contributed by atoms with van der Waals surface area (Å²) in [6.45, 7) is 7.38. The van der Waals surface area contributed by atoms with Crippen molar-refractivity contribution < 1.29 is 35.9 Å². The minimum atomic E-state index is -4.80. The van der Waals surface area contributed by atoms with Gasteiger partial charge in [-0.15, -0.1) is 11.3 Å². The van der Waals surface area contributed by atoms with Crippen LogP contribution in [0.1, 0.15) is 25.1 Å². The number of methoxy groups -OCH3 is 1. The number of piperazine rings is 1. The van der Waals surface area contributed by atoms with Crippen molar-refractivity contribution in [1.82, 2.24) is 19.4 Å². The first-order chi connectivity index (χ1) is 19.6. The number of benzene rings is 1. The molecular weight excluding hydrogens is 608 g/mol. The lowest BCUT2D eigenvalue weighted by Gasteiger charge is -2.44. The van der Waals surface area contributed by atoms with E-state index in [4.69, 9.17) is 4.74 Å². The van der Waals surface area contributed by atoms with E-state index in [2.05, 4.69) is 16.5 Å².